The van der Waals surface area contributed by atoms with Gasteiger partial charge in [0.25, 0.3) is 4.75 Å². The summed E-state index contributed by atoms with van der Waals surface area (Å²) in [6, 6.07) is 0. The first-order valence-electron chi connectivity index (χ1n) is 3.77. The van der Waals surface area contributed by atoms with Crippen molar-refractivity contribution in [3.63, 3.8) is 0 Å². The summed E-state index contributed by atoms with van der Waals surface area (Å²) in [5.74, 6) is 0. The van der Waals surface area contributed by atoms with E-state index in [1.54, 1.807) is 0 Å². The second-order valence-corrected chi connectivity index (χ2v) is 3.89. The fraction of sp³-hybridized carbons (Fsp3) is 0.750. The smallest absolute Gasteiger partial charge is 0.0971 e. The number of hydrogen-bond donors (Lipinski definition) is 0. The molecular weight excluding hydrogens is 144 g/mol. The van der Waals surface area contributed by atoms with Crippen LogP contribution in [-0.4, -0.2) is 4.75 Å². The minimum Gasteiger partial charge on any atom is -0.0971 e. The second kappa shape index (κ2) is 3.24. The molecule has 1 saturated carbocycles. The van der Waals surface area contributed by atoms with Crippen molar-refractivity contribution in [2.45, 2.75) is 36.9 Å². The molecule has 10 heavy (non-hydrogen) atoms. The van der Waals surface area contributed by atoms with Crippen molar-refractivity contribution in [1.82, 2.24) is 0 Å². The Bertz CT molecular complexity index is 126. The Balaban J connectivity index is 2.60. The van der Waals surface area contributed by atoms with Crippen molar-refractivity contribution >= 4 is 11.7 Å². The molecule has 0 saturated heterocycles. The van der Waals surface area contributed by atoms with Crippen molar-refractivity contribution in [3.05, 3.63) is 12.7 Å². The lowest BCUT2D eigenvalue weighted by atomic mass is 9.88. The van der Waals surface area contributed by atoms with Gasteiger partial charge in [-0.05, 0) is 18.9 Å². The lowest BCUT2D eigenvalue weighted by molar-refractivity contribution is 0.441. The maximum Gasteiger partial charge on any atom is 0.469 e. The van der Waals surface area contributed by atoms with E-state index < -0.39 is 0 Å². The van der Waals surface area contributed by atoms with Crippen LogP contribution in [0.2, 0.25) is 0 Å². The Labute approximate surface area is 66.0 Å². The number of rotatable bonds is 2. The van der Waals surface area contributed by atoms with Crippen LogP contribution in [0, 0.1) is 0 Å². The number of hydrogen-bond acceptors (Lipinski definition) is 1. The Morgan fingerprint density at radius 3 is 2.20 bits per heavy atom. The predicted octanol–water partition coefficient (Wildman–Crippen LogP) is 2.30. The maximum absolute atomic E-state index is 10.7. The van der Waals surface area contributed by atoms with Crippen LogP contribution < -0.4 is 0 Å². The predicted molar refractivity (Wildman–Crippen MR) is 44.1 cm³/mol. The van der Waals surface area contributed by atoms with E-state index in [9.17, 15) is 4.21 Å². The van der Waals surface area contributed by atoms with E-state index in [0.29, 0.717) is 0 Å². The highest BCUT2D eigenvalue weighted by molar-refractivity contribution is 7.67. The van der Waals surface area contributed by atoms with Crippen LogP contribution >= 0.6 is 0 Å². The molecule has 0 aliphatic heterocycles. The highest BCUT2D eigenvalue weighted by atomic mass is 32.1. The summed E-state index contributed by atoms with van der Waals surface area (Å²) in [4.78, 5) is 0. The SMILES string of the molecule is C=CC1([S+]=O)CCCCC1. The van der Waals surface area contributed by atoms with Gasteiger partial charge < -0.3 is 0 Å². The van der Waals surface area contributed by atoms with E-state index in [1.165, 1.54) is 19.3 Å². The zero-order valence-electron chi connectivity index (χ0n) is 6.14. The van der Waals surface area contributed by atoms with Gasteiger partial charge in [-0.3, -0.25) is 0 Å². The van der Waals surface area contributed by atoms with Crippen LogP contribution in [0.15, 0.2) is 12.7 Å². The third-order valence-electron chi connectivity index (χ3n) is 2.24. The van der Waals surface area contributed by atoms with Crippen LogP contribution in [0.3, 0.4) is 0 Å². The molecule has 1 nitrogen and oxygen atoms in total. The lowest BCUT2D eigenvalue weighted by Gasteiger charge is -2.17. The van der Waals surface area contributed by atoms with Crippen molar-refractivity contribution in [3.8, 4) is 0 Å². The van der Waals surface area contributed by atoms with Gasteiger partial charge >= 0.3 is 11.7 Å². The quantitative estimate of drug-likeness (QED) is 0.444. The Morgan fingerprint density at radius 2 is 1.90 bits per heavy atom. The van der Waals surface area contributed by atoms with Crippen molar-refractivity contribution < 1.29 is 4.21 Å². The zero-order valence-corrected chi connectivity index (χ0v) is 6.95. The third-order valence-corrected chi connectivity index (χ3v) is 3.14. The fourth-order valence-electron chi connectivity index (χ4n) is 1.47. The average Bonchev–Trinajstić information content (AvgIpc) is 2.06. The van der Waals surface area contributed by atoms with Gasteiger partial charge in [0.2, 0.25) is 0 Å². The summed E-state index contributed by atoms with van der Waals surface area (Å²) in [6.45, 7) is 3.71. The van der Waals surface area contributed by atoms with Crippen LogP contribution in [0.4, 0.5) is 0 Å². The molecule has 0 aromatic carbocycles. The molecule has 0 radical (unpaired) electrons. The lowest BCUT2D eigenvalue weighted by Crippen LogP contribution is -2.27. The molecule has 1 aliphatic carbocycles. The third kappa shape index (κ3) is 1.43. The van der Waals surface area contributed by atoms with Crippen LogP contribution in [0.5, 0.6) is 0 Å². The largest absolute Gasteiger partial charge is 0.469 e. The van der Waals surface area contributed by atoms with Crippen molar-refractivity contribution in [2.75, 3.05) is 0 Å². The summed E-state index contributed by atoms with van der Waals surface area (Å²) in [6.07, 6.45) is 7.58. The zero-order chi connectivity index (χ0) is 7.45. The molecule has 0 aromatic heterocycles. The molecule has 0 N–H and O–H groups in total. The Kier molecular flexibility index (Phi) is 2.55. The standard InChI is InChI=1S/C8H13OS/c1-2-8(10-9)6-4-3-5-7-8/h2H,1,3-7H2/q+1. The molecule has 0 amide bonds. The molecule has 0 aromatic rings. The molecule has 2 heteroatoms. The fourth-order valence-corrected chi connectivity index (χ4v) is 2.00. The Morgan fingerprint density at radius 1 is 1.30 bits per heavy atom. The first kappa shape index (κ1) is 7.86. The normalized spacial score (nSPS) is 23.6. The summed E-state index contributed by atoms with van der Waals surface area (Å²) in [7, 11) is 0. The van der Waals surface area contributed by atoms with Crippen LogP contribution in [0.25, 0.3) is 0 Å². The van der Waals surface area contributed by atoms with Gasteiger partial charge in [0.15, 0.2) is 0 Å². The highest BCUT2D eigenvalue weighted by Crippen LogP contribution is 2.30. The first-order valence-corrected chi connectivity index (χ1v) is 4.52. The van der Waals surface area contributed by atoms with E-state index in [1.807, 2.05) is 6.08 Å². The second-order valence-electron chi connectivity index (χ2n) is 2.91. The monoisotopic (exact) mass is 157 g/mol. The molecule has 56 valence electrons. The maximum atomic E-state index is 10.7. The van der Waals surface area contributed by atoms with Gasteiger partial charge in [0.1, 0.15) is 0 Å². The minimum absolute atomic E-state index is 0.113. The molecule has 1 rings (SSSR count). The first-order chi connectivity index (χ1) is 4.83. The van der Waals surface area contributed by atoms with Gasteiger partial charge in [-0.2, -0.15) is 0 Å². The molecule has 1 aliphatic rings. The van der Waals surface area contributed by atoms with Crippen molar-refractivity contribution in [2.24, 2.45) is 0 Å². The van der Waals surface area contributed by atoms with Gasteiger partial charge in [-0.1, -0.05) is 13.0 Å². The molecule has 0 heterocycles. The summed E-state index contributed by atoms with van der Waals surface area (Å²) in [5, 5.41) is 0. The minimum atomic E-state index is -0.113. The van der Waals surface area contributed by atoms with E-state index in [0.717, 1.165) is 24.5 Å². The van der Waals surface area contributed by atoms with Crippen LogP contribution in [-0.2, 0) is 15.9 Å². The van der Waals surface area contributed by atoms with E-state index >= 15 is 0 Å². The Hall–Kier alpha value is -0.240. The summed E-state index contributed by atoms with van der Waals surface area (Å²) < 4.78 is 10.6. The summed E-state index contributed by atoms with van der Waals surface area (Å²) in [5.41, 5.74) is 0. The molecule has 0 unspecified atom stereocenters. The van der Waals surface area contributed by atoms with E-state index in [2.05, 4.69) is 6.58 Å². The highest BCUT2D eigenvalue weighted by Gasteiger charge is 2.41. The summed E-state index contributed by atoms with van der Waals surface area (Å²) >= 11 is 0.725. The van der Waals surface area contributed by atoms with Crippen molar-refractivity contribution in [1.29, 1.82) is 0 Å². The van der Waals surface area contributed by atoms with E-state index in [4.69, 9.17) is 0 Å². The van der Waals surface area contributed by atoms with Crippen LogP contribution in [0.1, 0.15) is 32.1 Å². The molecule has 0 bridgehead atoms. The van der Waals surface area contributed by atoms with E-state index in [-0.39, 0.29) is 4.75 Å². The molecule has 1 fully saturated rings. The van der Waals surface area contributed by atoms with Gasteiger partial charge in [-0.25, -0.2) is 0 Å². The average molecular weight is 157 g/mol. The molecule has 0 spiro atoms. The van der Waals surface area contributed by atoms with Gasteiger partial charge in [0, 0.05) is 17.1 Å². The molecule has 0 atom stereocenters. The topological polar surface area (TPSA) is 17.1 Å². The molecular formula is C8H13OS+. The van der Waals surface area contributed by atoms with Gasteiger partial charge in [-0.15, -0.1) is 0 Å². The van der Waals surface area contributed by atoms with Gasteiger partial charge in [0.05, 0.1) is 0 Å².